The number of H-pyrrole nitrogens is 2. The van der Waals surface area contributed by atoms with E-state index in [-0.39, 0.29) is 119 Å². The topological polar surface area (TPSA) is 529 Å². The summed E-state index contributed by atoms with van der Waals surface area (Å²) in [5.74, 6) is 0.913. The first-order valence-electron chi connectivity index (χ1n) is 46.1. The fraction of sp³-hybridized carbons (Fsp3) is 0.330. The summed E-state index contributed by atoms with van der Waals surface area (Å²) >= 11 is 18.5. The summed E-state index contributed by atoms with van der Waals surface area (Å²) in [5, 5.41) is 17.6. The van der Waals surface area contributed by atoms with Gasteiger partial charge in [-0.25, -0.2) is 24.9 Å². The predicted octanol–water partition coefficient (Wildman–Crippen LogP) is 7.96. The Kier molecular flexibility index (Phi) is 45.1. The van der Waals surface area contributed by atoms with E-state index >= 15 is 0 Å². The number of quaternary nitrogens is 1. The SMILES string of the molecule is CC[C@H](Cl)CNC(=O)C1=Nc2cc(-c3ccc(C)cc3)ccc2C1.Cc1ccc(-c2ccc3c(c2)N=C(C(=O)NC[C@@H](Cl)CCC[NH+]=C(N)N)C3)cc1.Cc1ccc(-c2ccc3c(c2)N=C(C(=O)NC[C@@H](Cl)CC[NH3+])C3)cc1.Cc1ccc(-c2ccc3nc(C(=O)NC[C@@H]4CC(C(C)(C)N)CN4)[nH]c3c2)cc1.Cc1ccc(-c2ccc3nc(CC(=O)NC[C@@H](N)CCCN)[nH]c3c2)cc1.N.N.N.[Cl-].[Cl-]. The largest absolute Gasteiger partial charge is 1.00 e. The highest BCUT2D eigenvalue weighted by atomic mass is 35.5. The molecule has 4 aliphatic heterocycles. The summed E-state index contributed by atoms with van der Waals surface area (Å²) < 4.78 is 0. The molecule has 5 amide bonds. The molecule has 31 N–H and O–H groups in total. The quantitative estimate of drug-likeness (QED) is 0.00822. The molecule has 740 valence electrons. The predicted molar refractivity (Wildman–Crippen MR) is 562 cm³/mol. The standard InChI is InChI=1S/C23H29N5O.C22H26ClN5O.C21H27N5O.C20H22ClN3O.C20H21ClN2O.2ClH.3H3N/c1-14-4-6-15(7-5-14)16-8-9-19-20(10-16)28-21(27-19)22(29)26-13-18-11-17(12-25-18)23(2,3)24;1-14-4-6-15(7-5-14)16-8-9-17-12-20(28-19(17)11-16)21(29)27-13-18(23)3-2-10-26-22(24)25;1-14-4-6-15(7-5-14)16-8-9-18-19(11-16)26-20(25-18)12-21(27)24-13-17(23)3-2-10-22;1-13-2-4-14(5-3-13)15-6-7-16-11-19(24-18(16)10-15)20(25)23-12-17(21)8-9-22;1-3-17(21)12-22-20(24)19-11-16-9-8-15(10-18(16)23-19)14-6-4-13(2)5-7-14;;;;;/h4-10,17-18,25H,11-13,24H2,1-3H3,(H,26,29)(H,27,28);4-9,11,18H,2-3,10,12-13H2,1H3,(H,27,29)(H4,24,25,26);4-9,11,17H,2-3,10,12-13,22-23H2,1H3,(H,24,27)(H,25,26);2-7,10,17H,8-9,11-12,22H2,1H3,(H,23,25);4-10,17H,3,11-12H2,1-2H3,(H,22,24);2*1H;3*1H3/t17?,18-;18-;3*17-;;;;;/m00000...../s1. The van der Waals surface area contributed by atoms with E-state index in [9.17, 15) is 24.0 Å². The van der Waals surface area contributed by atoms with Crippen molar-refractivity contribution in [1.82, 2.24) is 70.3 Å². The first kappa shape index (κ1) is 114. The van der Waals surface area contributed by atoms with E-state index in [0.29, 0.717) is 99.8 Å². The number of guanidine groups is 1. The Morgan fingerprint density at radius 3 is 1.23 bits per heavy atom. The number of fused-ring (bicyclic) bond motifs is 5. The molecule has 0 radical (unpaired) electrons. The van der Waals surface area contributed by atoms with Crippen LogP contribution in [0.5, 0.6) is 0 Å². The molecule has 33 heteroatoms. The lowest BCUT2D eigenvalue weighted by atomic mass is 9.86. The molecule has 0 bridgehead atoms. The summed E-state index contributed by atoms with van der Waals surface area (Å²) in [6, 6.07) is 72.8. The maximum Gasteiger partial charge on any atom is 0.338 e. The van der Waals surface area contributed by atoms with Gasteiger partial charge in [-0.15, -0.1) is 34.8 Å². The first-order valence-corrected chi connectivity index (χ1v) is 47.4. The third-order valence-electron chi connectivity index (χ3n) is 23.9. The van der Waals surface area contributed by atoms with Crippen molar-refractivity contribution in [2.75, 3.05) is 58.9 Å². The Bertz CT molecular complexity index is 6180. The number of hydrogen-bond donors (Lipinski definition) is 18. The van der Waals surface area contributed by atoms with Crippen molar-refractivity contribution in [2.45, 2.75) is 160 Å². The van der Waals surface area contributed by atoms with Gasteiger partial charge in [0.25, 0.3) is 23.6 Å². The number of amides is 5. The number of aromatic amines is 2. The van der Waals surface area contributed by atoms with Gasteiger partial charge in [0.15, 0.2) is 5.82 Å². The van der Waals surface area contributed by atoms with E-state index in [4.69, 9.17) is 63.5 Å². The van der Waals surface area contributed by atoms with Crippen molar-refractivity contribution >= 4 is 127 Å². The monoisotopic (exact) mass is 1990 g/mol. The fourth-order valence-electron chi connectivity index (χ4n) is 15.7. The lowest BCUT2D eigenvalue weighted by Crippen LogP contribution is -3.00. The van der Waals surface area contributed by atoms with Crippen LogP contribution in [0.25, 0.3) is 77.7 Å². The molecule has 2 aromatic heterocycles. The maximum absolute atomic E-state index is 12.6. The second kappa shape index (κ2) is 55.0. The Morgan fingerprint density at radius 1 is 0.475 bits per heavy atom. The average Bonchev–Trinajstić information content (AvgIpc) is 1.03. The number of hydrogen-bond acceptors (Lipinski definition) is 17. The number of imidazole rings is 2. The van der Waals surface area contributed by atoms with Gasteiger partial charge in [0.1, 0.15) is 23.0 Å². The van der Waals surface area contributed by atoms with Crippen LogP contribution in [0.2, 0.25) is 0 Å². The second-order valence-corrected chi connectivity index (χ2v) is 37.4. The average molecular weight is 1990 g/mol. The summed E-state index contributed by atoms with van der Waals surface area (Å²) in [5.41, 5.74) is 60.3. The molecule has 10 aromatic carbocycles. The first-order chi connectivity index (χ1) is 64.4. The number of halogens is 5. The number of benzene rings is 10. The highest BCUT2D eigenvalue weighted by Gasteiger charge is 2.34. The molecular formula is C106H136Cl5N23O5. The zero-order chi connectivity index (χ0) is 95.5. The number of rotatable bonds is 32. The molecular weight excluding hydrogens is 1850 g/mol. The van der Waals surface area contributed by atoms with Gasteiger partial charge in [-0.05, 0) is 214 Å². The fourth-order valence-corrected chi connectivity index (χ4v) is 16.2. The number of nitrogens with two attached hydrogens (primary N) is 5. The van der Waals surface area contributed by atoms with Gasteiger partial charge in [0, 0.05) is 82.6 Å². The van der Waals surface area contributed by atoms with Gasteiger partial charge in [-0.1, -0.05) is 205 Å². The van der Waals surface area contributed by atoms with Crippen molar-refractivity contribution in [3.8, 4) is 55.6 Å². The smallest absolute Gasteiger partial charge is 0.338 e. The number of aliphatic imine (C=N–C) groups is 3. The van der Waals surface area contributed by atoms with Crippen LogP contribution in [0.15, 0.2) is 227 Å². The van der Waals surface area contributed by atoms with Crippen LogP contribution in [0.4, 0.5) is 17.1 Å². The third kappa shape index (κ3) is 33.9. The number of carbonyl (C=O) groups excluding carboxylic acids is 5. The zero-order valence-corrected chi connectivity index (χ0v) is 84.5. The van der Waals surface area contributed by atoms with Crippen LogP contribution >= 0.6 is 34.8 Å². The molecule has 1 fully saturated rings. The number of carbonyl (C=O) groups is 5. The zero-order valence-electron chi connectivity index (χ0n) is 80.7. The molecule has 6 atom stereocenters. The molecule has 1 saturated heterocycles. The van der Waals surface area contributed by atoms with Gasteiger partial charge < -0.3 is 108 Å². The van der Waals surface area contributed by atoms with E-state index < -0.39 is 0 Å². The third-order valence-corrected chi connectivity index (χ3v) is 25.1. The van der Waals surface area contributed by atoms with E-state index in [1.54, 1.807) is 0 Å². The molecule has 28 nitrogen and oxygen atoms in total. The molecule has 0 aliphatic carbocycles. The minimum Gasteiger partial charge on any atom is -1.00 e. The molecule has 0 spiro atoms. The van der Waals surface area contributed by atoms with Gasteiger partial charge in [0.05, 0.1) is 74.8 Å². The van der Waals surface area contributed by atoms with Crippen molar-refractivity contribution in [2.24, 2.45) is 49.6 Å². The molecule has 139 heavy (non-hydrogen) atoms. The van der Waals surface area contributed by atoms with E-state index in [1.165, 1.54) is 27.8 Å². The molecule has 16 rings (SSSR count). The lowest BCUT2D eigenvalue weighted by molar-refractivity contribution is -0.459. The Morgan fingerprint density at radius 2 is 0.849 bits per heavy atom. The van der Waals surface area contributed by atoms with Gasteiger partial charge in [0.2, 0.25) is 5.91 Å². The van der Waals surface area contributed by atoms with Gasteiger partial charge in [-0.3, -0.25) is 40.4 Å². The summed E-state index contributed by atoms with van der Waals surface area (Å²) in [4.78, 5) is 93.6. The van der Waals surface area contributed by atoms with E-state index in [1.807, 2.05) is 55.5 Å². The van der Waals surface area contributed by atoms with Crippen LogP contribution < -0.4 is 115 Å². The van der Waals surface area contributed by atoms with Crippen LogP contribution in [0, 0.1) is 40.5 Å². The number of nitrogens with one attached hydrogen (secondary N) is 9. The van der Waals surface area contributed by atoms with Crippen LogP contribution in [-0.2, 0) is 44.9 Å². The van der Waals surface area contributed by atoms with Gasteiger partial charge in [-0.2, -0.15) is 0 Å². The van der Waals surface area contributed by atoms with Crippen LogP contribution in [-0.4, -0.2) is 165 Å². The minimum absolute atomic E-state index is 0. The van der Waals surface area contributed by atoms with Crippen molar-refractivity contribution in [3.63, 3.8) is 0 Å². The van der Waals surface area contributed by atoms with Crippen molar-refractivity contribution in [3.05, 3.63) is 268 Å². The van der Waals surface area contributed by atoms with E-state index in [2.05, 4.69) is 290 Å². The highest BCUT2D eigenvalue weighted by molar-refractivity contribution is 6.42. The van der Waals surface area contributed by atoms with Crippen LogP contribution in [0.3, 0.4) is 0 Å². The molecule has 4 aliphatic rings. The molecule has 6 heterocycles. The van der Waals surface area contributed by atoms with Gasteiger partial charge >= 0.3 is 5.96 Å². The number of nitrogens with zero attached hydrogens (tertiary/aromatic N) is 5. The summed E-state index contributed by atoms with van der Waals surface area (Å²) in [7, 11) is 0. The van der Waals surface area contributed by atoms with Crippen molar-refractivity contribution in [1.29, 1.82) is 0 Å². The Labute approximate surface area is 843 Å². The minimum atomic E-state index is -0.209. The summed E-state index contributed by atoms with van der Waals surface area (Å²) in [6.07, 6.45) is 7.70. The Balaban J connectivity index is 0.000000235. The van der Waals surface area contributed by atoms with Crippen molar-refractivity contribution < 1.29 is 59.5 Å². The number of aromatic nitrogens is 4. The molecule has 12 aromatic rings. The lowest BCUT2D eigenvalue weighted by Gasteiger charge is -2.26. The number of aryl methyl sites for hydroxylation is 5. The second-order valence-electron chi connectivity index (χ2n) is 35.5. The number of alkyl halides is 3. The van der Waals surface area contributed by atoms with E-state index in [0.717, 1.165) is 169 Å². The molecule has 0 saturated carbocycles. The normalized spacial score (nSPS) is 14.2. The summed E-state index contributed by atoms with van der Waals surface area (Å²) in [6.45, 7) is 21.7. The van der Waals surface area contributed by atoms with Crippen LogP contribution in [0.1, 0.15) is 127 Å². The highest BCUT2D eigenvalue weighted by Crippen LogP contribution is 2.37. The Hall–Kier alpha value is -12.1. The maximum atomic E-state index is 12.6. The molecule has 1 unspecified atom stereocenters.